The topological polar surface area (TPSA) is 43.4 Å². The molecule has 0 spiro atoms. The van der Waals surface area contributed by atoms with Gasteiger partial charge in [0.1, 0.15) is 5.75 Å². The van der Waals surface area contributed by atoms with Gasteiger partial charge in [0.2, 0.25) is 0 Å². The van der Waals surface area contributed by atoms with Gasteiger partial charge in [-0.3, -0.25) is 0 Å². The number of hydrogen-bond acceptors (Lipinski definition) is 3. The summed E-state index contributed by atoms with van der Waals surface area (Å²) in [6.07, 6.45) is 2.11. The van der Waals surface area contributed by atoms with Crippen molar-refractivity contribution in [3.8, 4) is 5.75 Å². The summed E-state index contributed by atoms with van der Waals surface area (Å²) < 4.78 is 28.0. The highest BCUT2D eigenvalue weighted by Gasteiger charge is 2.13. The standard InChI is InChI=1S/C13H19ClO3S/c1-10(2)5-4-8-17-12-6-7-13(11(3)9-12)18(14,15)16/h6-7,9-10H,4-5,8H2,1-3H3. The molecule has 1 rings (SSSR count). The molecular formula is C13H19ClO3S. The Bertz CT molecular complexity index is 495. The molecule has 0 amide bonds. The number of rotatable bonds is 6. The number of hydrogen-bond donors (Lipinski definition) is 0. The summed E-state index contributed by atoms with van der Waals surface area (Å²) in [6.45, 7) is 6.69. The zero-order valence-corrected chi connectivity index (χ0v) is 12.5. The summed E-state index contributed by atoms with van der Waals surface area (Å²) in [7, 11) is 1.64. The van der Waals surface area contributed by atoms with Crippen LogP contribution in [0.15, 0.2) is 23.1 Å². The van der Waals surface area contributed by atoms with Crippen molar-refractivity contribution in [2.45, 2.75) is 38.5 Å². The molecule has 0 bridgehead atoms. The molecule has 1 aromatic rings. The third-order valence-corrected chi connectivity index (χ3v) is 4.09. The van der Waals surface area contributed by atoms with Crippen molar-refractivity contribution in [2.24, 2.45) is 5.92 Å². The van der Waals surface area contributed by atoms with Gasteiger partial charge in [-0.05, 0) is 49.4 Å². The van der Waals surface area contributed by atoms with Crippen LogP contribution in [0.2, 0.25) is 0 Å². The van der Waals surface area contributed by atoms with Gasteiger partial charge in [-0.1, -0.05) is 13.8 Å². The van der Waals surface area contributed by atoms with E-state index in [-0.39, 0.29) is 4.90 Å². The molecule has 0 radical (unpaired) electrons. The summed E-state index contributed by atoms with van der Waals surface area (Å²) in [4.78, 5) is 0.138. The second kappa shape index (κ2) is 6.43. The van der Waals surface area contributed by atoms with E-state index in [9.17, 15) is 8.42 Å². The van der Waals surface area contributed by atoms with Crippen molar-refractivity contribution >= 4 is 19.7 Å². The van der Waals surface area contributed by atoms with Gasteiger partial charge in [0.05, 0.1) is 11.5 Å². The van der Waals surface area contributed by atoms with Gasteiger partial charge in [0.25, 0.3) is 9.05 Å². The number of ether oxygens (including phenoxy) is 1. The third-order valence-electron chi connectivity index (χ3n) is 2.60. The number of benzene rings is 1. The lowest BCUT2D eigenvalue weighted by Gasteiger charge is -2.09. The average molecular weight is 291 g/mol. The van der Waals surface area contributed by atoms with Crippen molar-refractivity contribution < 1.29 is 13.2 Å². The van der Waals surface area contributed by atoms with Gasteiger partial charge in [0.15, 0.2) is 0 Å². The van der Waals surface area contributed by atoms with E-state index in [1.807, 2.05) is 0 Å². The molecule has 5 heteroatoms. The Hall–Kier alpha value is -0.740. The van der Waals surface area contributed by atoms with Crippen LogP contribution < -0.4 is 4.74 Å². The molecule has 0 heterocycles. The van der Waals surface area contributed by atoms with Gasteiger partial charge < -0.3 is 4.74 Å². The molecule has 102 valence electrons. The third kappa shape index (κ3) is 4.86. The van der Waals surface area contributed by atoms with Gasteiger partial charge in [-0.15, -0.1) is 0 Å². The fourth-order valence-corrected chi connectivity index (χ4v) is 2.86. The molecule has 3 nitrogen and oxygen atoms in total. The van der Waals surface area contributed by atoms with Crippen molar-refractivity contribution in [3.05, 3.63) is 23.8 Å². The summed E-state index contributed by atoms with van der Waals surface area (Å²) in [5, 5.41) is 0. The second-order valence-electron chi connectivity index (χ2n) is 4.75. The SMILES string of the molecule is Cc1cc(OCCCC(C)C)ccc1S(=O)(=O)Cl. The van der Waals surface area contributed by atoms with Crippen LogP contribution in [0, 0.1) is 12.8 Å². The molecule has 1 aromatic carbocycles. The smallest absolute Gasteiger partial charge is 0.261 e. The lowest BCUT2D eigenvalue weighted by atomic mass is 10.1. The Morgan fingerprint density at radius 1 is 1.33 bits per heavy atom. The Labute approximate surface area is 114 Å². The van der Waals surface area contributed by atoms with Crippen LogP contribution in [0.25, 0.3) is 0 Å². The highest BCUT2D eigenvalue weighted by Crippen LogP contribution is 2.24. The predicted octanol–water partition coefficient (Wildman–Crippen LogP) is 3.74. The fraction of sp³-hybridized carbons (Fsp3) is 0.538. The quantitative estimate of drug-likeness (QED) is 0.592. The summed E-state index contributed by atoms with van der Waals surface area (Å²) in [5.74, 6) is 1.35. The van der Waals surface area contributed by atoms with Crippen LogP contribution in [0.4, 0.5) is 0 Å². The van der Waals surface area contributed by atoms with Crippen LogP contribution in [0.5, 0.6) is 5.75 Å². The molecule has 0 aliphatic heterocycles. The molecule has 0 fully saturated rings. The van der Waals surface area contributed by atoms with Crippen LogP contribution in [0.3, 0.4) is 0 Å². The Morgan fingerprint density at radius 2 is 2.00 bits per heavy atom. The maximum Gasteiger partial charge on any atom is 0.261 e. The fourth-order valence-electron chi connectivity index (χ4n) is 1.67. The van der Waals surface area contributed by atoms with E-state index >= 15 is 0 Å². The molecule has 0 unspecified atom stereocenters. The Morgan fingerprint density at radius 3 is 2.50 bits per heavy atom. The highest BCUT2D eigenvalue weighted by molar-refractivity contribution is 8.13. The summed E-state index contributed by atoms with van der Waals surface area (Å²) in [5.41, 5.74) is 0.603. The highest BCUT2D eigenvalue weighted by atomic mass is 35.7. The van der Waals surface area contributed by atoms with E-state index in [1.165, 1.54) is 6.07 Å². The monoisotopic (exact) mass is 290 g/mol. The average Bonchev–Trinajstić information content (AvgIpc) is 2.22. The molecule has 0 saturated heterocycles. The van der Waals surface area contributed by atoms with Crippen molar-refractivity contribution in [1.29, 1.82) is 0 Å². The minimum atomic E-state index is -3.67. The molecule has 18 heavy (non-hydrogen) atoms. The van der Waals surface area contributed by atoms with Crippen LogP contribution in [-0.4, -0.2) is 15.0 Å². The first-order chi connectivity index (χ1) is 8.30. The van der Waals surface area contributed by atoms with Gasteiger partial charge in [0, 0.05) is 10.7 Å². The van der Waals surface area contributed by atoms with E-state index in [1.54, 1.807) is 19.1 Å². The van der Waals surface area contributed by atoms with E-state index in [2.05, 4.69) is 13.8 Å². The molecule has 0 aliphatic rings. The zero-order valence-electron chi connectivity index (χ0n) is 10.9. The molecular weight excluding hydrogens is 272 g/mol. The van der Waals surface area contributed by atoms with E-state index in [4.69, 9.17) is 15.4 Å². The lowest BCUT2D eigenvalue weighted by molar-refractivity contribution is 0.297. The molecule has 0 aromatic heterocycles. The largest absolute Gasteiger partial charge is 0.494 e. The molecule has 0 aliphatic carbocycles. The first kappa shape index (κ1) is 15.3. The van der Waals surface area contributed by atoms with Crippen LogP contribution in [0.1, 0.15) is 32.3 Å². The van der Waals surface area contributed by atoms with Crippen molar-refractivity contribution in [1.82, 2.24) is 0 Å². The first-order valence-electron chi connectivity index (χ1n) is 5.99. The van der Waals surface area contributed by atoms with E-state index < -0.39 is 9.05 Å². The second-order valence-corrected chi connectivity index (χ2v) is 7.28. The van der Waals surface area contributed by atoms with Gasteiger partial charge >= 0.3 is 0 Å². The first-order valence-corrected chi connectivity index (χ1v) is 8.29. The molecule has 0 saturated carbocycles. The van der Waals surface area contributed by atoms with Crippen molar-refractivity contribution in [3.63, 3.8) is 0 Å². The molecule has 0 atom stereocenters. The maximum absolute atomic E-state index is 11.2. The number of aryl methyl sites for hydroxylation is 1. The minimum Gasteiger partial charge on any atom is -0.494 e. The van der Waals surface area contributed by atoms with Crippen LogP contribution in [-0.2, 0) is 9.05 Å². The normalized spacial score (nSPS) is 11.8. The summed E-state index contributed by atoms with van der Waals surface area (Å²) in [6, 6.07) is 4.82. The van der Waals surface area contributed by atoms with Crippen molar-refractivity contribution in [2.75, 3.05) is 6.61 Å². The Balaban J connectivity index is 2.63. The van der Waals surface area contributed by atoms with Gasteiger partial charge in [-0.25, -0.2) is 8.42 Å². The summed E-state index contributed by atoms with van der Waals surface area (Å²) >= 11 is 0. The zero-order chi connectivity index (χ0) is 13.8. The Kier molecular flexibility index (Phi) is 5.47. The number of halogens is 1. The lowest BCUT2D eigenvalue weighted by Crippen LogP contribution is -2.01. The van der Waals surface area contributed by atoms with E-state index in [0.29, 0.717) is 23.8 Å². The molecule has 0 N–H and O–H groups in total. The van der Waals surface area contributed by atoms with Crippen LogP contribution >= 0.6 is 10.7 Å². The maximum atomic E-state index is 11.2. The minimum absolute atomic E-state index is 0.138. The van der Waals surface area contributed by atoms with Gasteiger partial charge in [-0.2, -0.15) is 0 Å². The van der Waals surface area contributed by atoms with E-state index in [0.717, 1.165) is 12.8 Å². The predicted molar refractivity (Wildman–Crippen MR) is 73.8 cm³/mol.